The van der Waals surface area contributed by atoms with Crippen molar-refractivity contribution in [3.63, 3.8) is 0 Å². The van der Waals surface area contributed by atoms with Crippen LogP contribution in [0.3, 0.4) is 0 Å². The minimum absolute atomic E-state index is 0.319. The molecule has 0 aliphatic rings. The number of allylic oxidation sites excluding steroid dienone is 1. The third-order valence-electron chi connectivity index (χ3n) is 3.97. The first-order valence-electron chi connectivity index (χ1n) is 9.11. The second-order valence-corrected chi connectivity index (χ2v) is 5.93. The standard InChI is InChI=1S/C23H28O4/c1-5-8-19-11-14-21(22(17-19)24-4)25-15-16-26-23(7-3)27-20-12-9-18(6-2)10-13-20/h5-6,9-14,17,23H,1-2,7-8,15-16H2,3-4H3. The van der Waals surface area contributed by atoms with Gasteiger partial charge in [-0.05, 0) is 41.8 Å². The van der Waals surface area contributed by atoms with E-state index in [1.807, 2.05) is 55.5 Å². The van der Waals surface area contributed by atoms with Crippen LogP contribution in [0, 0.1) is 0 Å². The Hall–Kier alpha value is -2.72. The van der Waals surface area contributed by atoms with E-state index in [4.69, 9.17) is 18.9 Å². The van der Waals surface area contributed by atoms with Gasteiger partial charge in [-0.3, -0.25) is 0 Å². The number of hydrogen-bond acceptors (Lipinski definition) is 4. The van der Waals surface area contributed by atoms with E-state index in [0.29, 0.717) is 24.7 Å². The zero-order chi connectivity index (χ0) is 19.5. The number of rotatable bonds is 12. The summed E-state index contributed by atoms with van der Waals surface area (Å²) in [5.41, 5.74) is 2.19. The van der Waals surface area contributed by atoms with Gasteiger partial charge in [0.05, 0.1) is 13.7 Å². The summed E-state index contributed by atoms with van der Waals surface area (Å²) >= 11 is 0. The highest BCUT2D eigenvalue weighted by molar-refractivity contribution is 5.48. The van der Waals surface area contributed by atoms with E-state index in [1.165, 1.54) is 0 Å². The Balaban J connectivity index is 1.81. The summed E-state index contributed by atoms with van der Waals surface area (Å²) < 4.78 is 22.8. The maximum atomic E-state index is 5.86. The third kappa shape index (κ3) is 6.50. The van der Waals surface area contributed by atoms with Crippen molar-refractivity contribution in [3.05, 3.63) is 72.8 Å². The lowest BCUT2D eigenvalue weighted by Gasteiger charge is -2.19. The van der Waals surface area contributed by atoms with E-state index in [1.54, 1.807) is 13.2 Å². The van der Waals surface area contributed by atoms with Gasteiger partial charge in [0.15, 0.2) is 17.8 Å². The van der Waals surface area contributed by atoms with Gasteiger partial charge in [0.2, 0.25) is 0 Å². The summed E-state index contributed by atoms with van der Waals surface area (Å²) in [6, 6.07) is 13.6. The molecule has 4 heteroatoms. The fourth-order valence-corrected chi connectivity index (χ4v) is 2.53. The Morgan fingerprint density at radius 3 is 2.41 bits per heavy atom. The minimum atomic E-state index is -0.319. The molecule has 2 aromatic carbocycles. The van der Waals surface area contributed by atoms with Crippen LogP contribution in [0.5, 0.6) is 17.2 Å². The lowest BCUT2D eigenvalue weighted by atomic mass is 10.1. The molecule has 0 aliphatic carbocycles. The smallest absolute Gasteiger partial charge is 0.199 e. The maximum absolute atomic E-state index is 5.86. The largest absolute Gasteiger partial charge is 0.493 e. The van der Waals surface area contributed by atoms with Gasteiger partial charge < -0.3 is 18.9 Å². The van der Waals surface area contributed by atoms with Gasteiger partial charge in [-0.1, -0.05) is 43.9 Å². The van der Waals surface area contributed by atoms with Crippen LogP contribution in [0.4, 0.5) is 0 Å². The molecule has 0 aliphatic heterocycles. The summed E-state index contributed by atoms with van der Waals surface area (Å²) in [4.78, 5) is 0. The Morgan fingerprint density at radius 2 is 1.78 bits per heavy atom. The van der Waals surface area contributed by atoms with Crippen LogP contribution in [0.1, 0.15) is 24.5 Å². The molecule has 0 saturated carbocycles. The first-order chi connectivity index (χ1) is 13.2. The fourth-order valence-electron chi connectivity index (χ4n) is 2.53. The van der Waals surface area contributed by atoms with E-state index in [-0.39, 0.29) is 6.29 Å². The number of ether oxygens (including phenoxy) is 4. The van der Waals surface area contributed by atoms with E-state index in [0.717, 1.165) is 29.7 Å². The van der Waals surface area contributed by atoms with Gasteiger partial charge in [-0.15, -0.1) is 6.58 Å². The normalized spacial score (nSPS) is 11.5. The minimum Gasteiger partial charge on any atom is -0.493 e. The molecule has 0 amide bonds. The topological polar surface area (TPSA) is 36.9 Å². The van der Waals surface area contributed by atoms with Gasteiger partial charge in [0.25, 0.3) is 0 Å². The Labute approximate surface area is 162 Å². The lowest BCUT2D eigenvalue weighted by Crippen LogP contribution is -2.22. The highest BCUT2D eigenvalue weighted by Gasteiger charge is 2.10. The zero-order valence-electron chi connectivity index (χ0n) is 16.1. The molecule has 0 spiro atoms. The Bertz CT molecular complexity index is 722. The highest BCUT2D eigenvalue weighted by Crippen LogP contribution is 2.28. The van der Waals surface area contributed by atoms with E-state index < -0.39 is 0 Å². The molecule has 2 rings (SSSR count). The van der Waals surface area contributed by atoms with Crippen molar-refractivity contribution in [2.45, 2.75) is 26.1 Å². The Morgan fingerprint density at radius 1 is 1.00 bits per heavy atom. The van der Waals surface area contributed by atoms with Crippen molar-refractivity contribution in [2.75, 3.05) is 20.3 Å². The molecule has 0 fully saturated rings. The molecule has 2 aromatic rings. The first-order valence-corrected chi connectivity index (χ1v) is 9.11. The zero-order valence-corrected chi connectivity index (χ0v) is 16.1. The van der Waals surface area contributed by atoms with E-state index in [2.05, 4.69) is 13.2 Å². The highest BCUT2D eigenvalue weighted by atomic mass is 16.7. The molecule has 0 bridgehead atoms. The van der Waals surface area contributed by atoms with E-state index >= 15 is 0 Å². The van der Waals surface area contributed by atoms with Crippen molar-refractivity contribution in [1.29, 1.82) is 0 Å². The number of hydrogen-bond donors (Lipinski definition) is 0. The van der Waals surface area contributed by atoms with E-state index in [9.17, 15) is 0 Å². The average molecular weight is 368 g/mol. The summed E-state index contributed by atoms with van der Waals surface area (Å²) in [6.45, 7) is 10.3. The molecular formula is C23H28O4. The van der Waals surface area contributed by atoms with Gasteiger partial charge in [0, 0.05) is 6.42 Å². The molecule has 0 heterocycles. The summed E-state index contributed by atoms with van der Waals surface area (Å²) in [5.74, 6) is 2.18. The predicted molar refractivity (Wildman–Crippen MR) is 110 cm³/mol. The van der Waals surface area contributed by atoms with Crippen LogP contribution in [0.15, 0.2) is 61.7 Å². The molecule has 27 heavy (non-hydrogen) atoms. The maximum Gasteiger partial charge on any atom is 0.199 e. The SMILES string of the molecule is C=CCc1ccc(OCCOC(CC)Oc2ccc(C=C)cc2)c(OC)c1. The van der Waals surface area contributed by atoms with Crippen LogP contribution in [-0.4, -0.2) is 26.6 Å². The third-order valence-corrected chi connectivity index (χ3v) is 3.97. The molecule has 1 atom stereocenters. The predicted octanol–water partition coefficient (Wildman–Crippen LogP) is 5.28. The molecule has 0 saturated heterocycles. The number of benzene rings is 2. The van der Waals surface area contributed by atoms with Crippen molar-refractivity contribution in [1.82, 2.24) is 0 Å². The second kappa shape index (κ2) is 11.1. The fraction of sp³-hybridized carbons (Fsp3) is 0.304. The summed E-state index contributed by atoms with van der Waals surface area (Å²) in [7, 11) is 1.63. The van der Waals surface area contributed by atoms with Gasteiger partial charge in [0.1, 0.15) is 12.4 Å². The van der Waals surface area contributed by atoms with Crippen LogP contribution < -0.4 is 14.2 Å². The molecule has 1 unspecified atom stereocenters. The summed E-state index contributed by atoms with van der Waals surface area (Å²) in [6.07, 6.45) is 4.87. The molecule has 144 valence electrons. The van der Waals surface area contributed by atoms with Crippen molar-refractivity contribution in [3.8, 4) is 17.2 Å². The second-order valence-electron chi connectivity index (χ2n) is 5.93. The van der Waals surface area contributed by atoms with Crippen LogP contribution in [0.25, 0.3) is 6.08 Å². The molecule has 4 nitrogen and oxygen atoms in total. The van der Waals surface area contributed by atoms with Crippen molar-refractivity contribution >= 4 is 6.08 Å². The van der Waals surface area contributed by atoms with Gasteiger partial charge >= 0.3 is 0 Å². The monoisotopic (exact) mass is 368 g/mol. The number of methoxy groups -OCH3 is 1. The van der Waals surface area contributed by atoms with Crippen LogP contribution in [0.2, 0.25) is 0 Å². The van der Waals surface area contributed by atoms with Gasteiger partial charge in [-0.25, -0.2) is 0 Å². The molecule has 0 radical (unpaired) electrons. The molecule has 0 aromatic heterocycles. The quantitative estimate of drug-likeness (QED) is 0.290. The van der Waals surface area contributed by atoms with Gasteiger partial charge in [-0.2, -0.15) is 0 Å². The average Bonchev–Trinajstić information content (AvgIpc) is 2.71. The van der Waals surface area contributed by atoms with Crippen molar-refractivity contribution in [2.24, 2.45) is 0 Å². The Kier molecular flexibility index (Phi) is 8.46. The van der Waals surface area contributed by atoms with Crippen molar-refractivity contribution < 1.29 is 18.9 Å². The van der Waals surface area contributed by atoms with Crippen LogP contribution >= 0.6 is 0 Å². The molecular weight excluding hydrogens is 340 g/mol. The first kappa shape index (κ1) is 20.6. The van der Waals surface area contributed by atoms with Crippen LogP contribution in [-0.2, 0) is 11.2 Å². The summed E-state index contributed by atoms with van der Waals surface area (Å²) in [5, 5.41) is 0. The molecule has 0 N–H and O–H groups in total. The lowest BCUT2D eigenvalue weighted by molar-refractivity contribution is -0.0881.